The maximum absolute atomic E-state index is 14.0. The van der Waals surface area contributed by atoms with Gasteiger partial charge < -0.3 is 25.1 Å². The quantitative estimate of drug-likeness (QED) is 0.338. The Morgan fingerprint density at radius 2 is 1.90 bits per heavy atom. The summed E-state index contributed by atoms with van der Waals surface area (Å²) in [5, 5.41) is 2.98. The normalized spacial score (nSPS) is 21.6. The molecule has 4 heterocycles. The average molecular weight is 549 g/mol. The van der Waals surface area contributed by atoms with Crippen molar-refractivity contribution >= 4 is 48.9 Å². The molecular weight excluding hydrogens is 518 g/mol. The molecular formula is C28H30FN6O3P. The number of halogens is 1. The molecule has 0 saturated carbocycles. The fourth-order valence-corrected chi connectivity index (χ4v) is 6.43. The summed E-state index contributed by atoms with van der Waals surface area (Å²) in [7, 11) is 2.78. The highest BCUT2D eigenvalue weighted by atomic mass is 31.0. The Kier molecular flexibility index (Phi) is 5.80. The zero-order valence-corrected chi connectivity index (χ0v) is 23.1. The SMILES string of the molecule is CC(C)(C)C(NC(=O)c1cc2ccc(F)cc2[nH]1)C(=O)N1CC2CC1(P)CN2C(=O)c1nc2ccccc2[nH]1. The number of likely N-dealkylation sites (tertiary alicyclic amines) is 2. The number of rotatable bonds is 4. The van der Waals surface area contributed by atoms with E-state index in [0.717, 1.165) is 11.0 Å². The molecule has 2 aromatic carbocycles. The molecule has 3 amide bonds. The second kappa shape index (κ2) is 8.88. The van der Waals surface area contributed by atoms with E-state index < -0.39 is 28.5 Å². The number of hydrogen-bond donors (Lipinski definition) is 3. The number of carbonyl (C=O) groups excluding carboxylic acids is 3. The summed E-state index contributed by atoms with van der Waals surface area (Å²) in [6.45, 7) is 6.41. The van der Waals surface area contributed by atoms with Crippen LogP contribution >= 0.6 is 9.24 Å². The molecule has 4 aromatic rings. The van der Waals surface area contributed by atoms with Crippen molar-refractivity contribution in [3.05, 3.63) is 65.9 Å². The Morgan fingerprint density at radius 3 is 2.59 bits per heavy atom. The van der Waals surface area contributed by atoms with Crippen molar-refractivity contribution in [3.8, 4) is 0 Å². The minimum Gasteiger partial charge on any atom is -0.350 e. The van der Waals surface area contributed by atoms with Crippen LogP contribution in [0.1, 0.15) is 48.3 Å². The van der Waals surface area contributed by atoms with E-state index in [1.165, 1.54) is 12.1 Å². The Hall–Kier alpha value is -3.78. The fourth-order valence-electron chi connectivity index (χ4n) is 5.73. The van der Waals surface area contributed by atoms with Gasteiger partial charge in [0.25, 0.3) is 11.8 Å². The average Bonchev–Trinajstić information content (AvgIpc) is 3.64. The predicted molar refractivity (Wildman–Crippen MR) is 149 cm³/mol. The zero-order chi connectivity index (χ0) is 27.7. The Morgan fingerprint density at radius 1 is 1.13 bits per heavy atom. The highest BCUT2D eigenvalue weighted by Crippen LogP contribution is 2.46. The first kappa shape index (κ1) is 25.5. The third-order valence-electron chi connectivity index (χ3n) is 7.74. The number of fused-ring (bicyclic) bond motifs is 4. The Balaban J connectivity index is 1.20. The van der Waals surface area contributed by atoms with Crippen molar-refractivity contribution in [1.29, 1.82) is 0 Å². The molecule has 0 radical (unpaired) electrons. The van der Waals surface area contributed by atoms with Gasteiger partial charge in [0.05, 0.1) is 22.4 Å². The van der Waals surface area contributed by atoms with E-state index in [1.807, 2.05) is 45.0 Å². The van der Waals surface area contributed by atoms with Crippen LogP contribution in [0.25, 0.3) is 21.9 Å². The smallest absolute Gasteiger partial charge is 0.290 e. The molecule has 6 rings (SSSR count). The van der Waals surface area contributed by atoms with E-state index in [0.29, 0.717) is 30.4 Å². The molecule has 2 aliphatic heterocycles. The van der Waals surface area contributed by atoms with Crippen molar-refractivity contribution in [1.82, 2.24) is 30.1 Å². The lowest BCUT2D eigenvalue weighted by atomic mass is 9.85. The molecule has 11 heteroatoms. The van der Waals surface area contributed by atoms with Gasteiger partial charge in [-0.15, -0.1) is 9.24 Å². The number of amides is 3. The summed E-state index contributed by atoms with van der Waals surface area (Å²) >= 11 is 0. The Bertz CT molecular complexity index is 1610. The summed E-state index contributed by atoms with van der Waals surface area (Å²) in [6.07, 6.45) is 0.619. The topological polar surface area (TPSA) is 114 Å². The van der Waals surface area contributed by atoms with E-state index in [1.54, 1.807) is 21.9 Å². The minimum atomic E-state index is -0.815. The van der Waals surface area contributed by atoms with E-state index >= 15 is 0 Å². The van der Waals surface area contributed by atoms with Crippen LogP contribution in [-0.4, -0.2) is 72.9 Å². The van der Waals surface area contributed by atoms with Crippen molar-refractivity contribution in [3.63, 3.8) is 0 Å². The van der Waals surface area contributed by atoms with Gasteiger partial charge >= 0.3 is 0 Å². The molecule has 2 bridgehead atoms. The maximum Gasteiger partial charge on any atom is 0.290 e. The maximum atomic E-state index is 14.0. The van der Waals surface area contributed by atoms with Crippen LogP contribution in [0.5, 0.6) is 0 Å². The fraction of sp³-hybridized carbons (Fsp3) is 0.357. The molecule has 2 saturated heterocycles. The van der Waals surface area contributed by atoms with E-state index in [-0.39, 0.29) is 29.4 Å². The van der Waals surface area contributed by atoms with Crippen molar-refractivity contribution in [2.45, 2.75) is 44.6 Å². The molecule has 4 atom stereocenters. The van der Waals surface area contributed by atoms with Crippen molar-refractivity contribution in [2.75, 3.05) is 13.1 Å². The van der Waals surface area contributed by atoms with E-state index in [2.05, 4.69) is 29.5 Å². The molecule has 4 unspecified atom stereocenters. The lowest BCUT2D eigenvalue weighted by Gasteiger charge is -2.43. The van der Waals surface area contributed by atoms with Gasteiger partial charge in [-0.1, -0.05) is 32.9 Å². The Labute approximate surface area is 226 Å². The number of aromatic amines is 2. The third kappa shape index (κ3) is 4.36. The number of H-pyrrole nitrogens is 2. The number of carbonyl (C=O) groups is 3. The first-order chi connectivity index (χ1) is 18.4. The number of imidazole rings is 1. The highest BCUT2D eigenvalue weighted by molar-refractivity contribution is 7.19. The largest absolute Gasteiger partial charge is 0.350 e. The first-order valence-corrected chi connectivity index (χ1v) is 13.5. The zero-order valence-electron chi connectivity index (χ0n) is 21.9. The third-order valence-corrected chi connectivity index (χ3v) is 8.47. The number of nitrogens with one attached hydrogen (secondary N) is 3. The van der Waals surface area contributed by atoms with E-state index in [4.69, 9.17) is 0 Å². The second-order valence-corrected chi connectivity index (χ2v) is 12.7. The molecule has 39 heavy (non-hydrogen) atoms. The minimum absolute atomic E-state index is 0.160. The van der Waals surface area contributed by atoms with Crippen LogP contribution < -0.4 is 5.32 Å². The summed E-state index contributed by atoms with van der Waals surface area (Å²) < 4.78 is 13.6. The van der Waals surface area contributed by atoms with Gasteiger partial charge in [-0.3, -0.25) is 14.4 Å². The van der Waals surface area contributed by atoms with Crippen molar-refractivity contribution in [2.24, 2.45) is 5.41 Å². The number of aromatic nitrogens is 3. The second-order valence-electron chi connectivity index (χ2n) is 11.6. The molecule has 202 valence electrons. The van der Waals surface area contributed by atoms with E-state index in [9.17, 15) is 18.8 Å². The van der Waals surface area contributed by atoms with Crippen LogP contribution in [-0.2, 0) is 4.79 Å². The van der Waals surface area contributed by atoms with Crippen LogP contribution in [0.4, 0.5) is 4.39 Å². The molecule has 2 aromatic heterocycles. The molecule has 0 spiro atoms. The molecule has 9 nitrogen and oxygen atoms in total. The predicted octanol–water partition coefficient (Wildman–Crippen LogP) is 3.66. The highest BCUT2D eigenvalue weighted by Gasteiger charge is 2.57. The molecule has 2 fully saturated rings. The summed E-state index contributed by atoms with van der Waals surface area (Å²) in [5.74, 6) is -0.950. The van der Waals surface area contributed by atoms with Gasteiger partial charge in [0.2, 0.25) is 5.91 Å². The lowest BCUT2D eigenvalue weighted by molar-refractivity contribution is -0.139. The summed E-state index contributed by atoms with van der Waals surface area (Å²) in [6, 6.07) is 12.4. The van der Waals surface area contributed by atoms with Gasteiger partial charge in [-0.2, -0.15) is 0 Å². The van der Waals surface area contributed by atoms with Gasteiger partial charge in [0.1, 0.15) is 17.6 Å². The van der Waals surface area contributed by atoms with Crippen molar-refractivity contribution < 1.29 is 18.8 Å². The van der Waals surface area contributed by atoms with Crippen LogP contribution in [0.15, 0.2) is 48.5 Å². The molecule has 3 N–H and O–H groups in total. The van der Waals surface area contributed by atoms with Crippen LogP contribution in [0.3, 0.4) is 0 Å². The molecule has 2 aliphatic rings. The lowest BCUT2D eigenvalue weighted by Crippen LogP contribution is -2.61. The standard InChI is InChI=1S/C28H30FN6O3P/c1-27(2,3)22(33-24(36)21-10-15-8-9-16(29)11-20(15)30-21)25(37)35-13-17-12-28(35,39)14-34(17)26(38)23-31-18-6-4-5-7-19(18)32-23/h4-11,17,22,30H,12-14,39H2,1-3H3,(H,31,32)(H,33,36). The number of piperazine rings is 1. The monoisotopic (exact) mass is 548 g/mol. The number of nitrogens with zero attached hydrogens (tertiary/aromatic N) is 3. The molecule has 0 aliphatic carbocycles. The number of hydrogen-bond acceptors (Lipinski definition) is 4. The van der Waals surface area contributed by atoms with Gasteiger partial charge in [0.15, 0.2) is 5.82 Å². The first-order valence-electron chi connectivity index (χ1n) is 12.9. The van der Waals surface area contributed by atoms with Gasteiger partial charge in [-0.05, 0) is 48.2 Å². The number of para-hydroxylation sites is 2. The van der Waals surface area contributed by atoms with Gasteiger partial charge in [0, 0.05) is 24.0 Å². The summed E-state index contributed by atoms with van der Waals surface area (Å²) in [4.78, 5) is 54.6. The van der Waals surface area contributed by atoms with Crippen LogP contribution in [0, 0.1) is 11.2 Å². The van der Waals surface area contributed by atoms with Crippen LogP contribution in [0.2, 0.25) is 0 Å². The number of benzene rings is 2. The summed E-state index contributed by atoms with van der Waals surface area (Å²) in [5.41, 5.74) is 1.70. The van der Waals surface area contributed by atoms with Gasteiger partial charge in [-0.25, -0.2) is 9.37 Å².